The lowest BCUT2D eigenvalue weighted by Crippen LogP contribution is -2.38. The summed E-state index contributed by atoms with van der Waals surface area (Å²) in [4.78, 5) is 2.34. The van der Waals surface area contributed by atoms with Crippen molar-refractivity contribution < 1.29 is 22.6 Å². The number of rotatable bonds is 6. The quantitative estimate of drug-likeness (QED) is 0.858. The standard InChI is InChI=1S/C17H25F3N2O2/c1-5-22-9-14-13(6-11(22)2)16(24-4)12(7-15(14)23-3)8-21-10-17(18,19)20/h7,11,21H,5-6,8-10H2,1-4H3. The van der Waals surface area contributed by atoms with E-state index in [9.17, 15) is 13.2 Å². The number of hydrogen-bond acceptors (Lipinski definition) is 4. The van der Waals surface area contributed by atoms with Gasteiger partial charge in [-0.2, -0.15) is 13.2 Å². The molecule has 0 saturated carbocycles. The van der Waals surface area contributed by atoms with E-state index in [1.807, 2.05) is 0 Å². The van der Waals surface area contributed by atoms with Crippen LogP contribution in [-0.2, 0) is 19.5 Å². The van der Waals surface area contributed by atoms with E-state index in [1.165, 1.54) is 0 Å². The maximum Gasteiger partial charge on any atom is 0.401 e. The van der Waals surface area contributed by atoms with E-state index in [0.717, 1.165) is 30.6 Å². The van der Waals surface area contributed by atoms with Crippen molar-refractivity contribution in [3.8, 4) is 11.5 Å². The summed E-state index contributed by atoms with van der Waals surface area (Å²) in [6, 6.07) is 2.13. The van der Waals surface area contributed by atoms with Crippen molar-refractivity contribution in [1.29, 1.82) is 0 Å². The van der Waals surface area contributed by atoms with Gasteiger partial charge < -0.3 is 14.8 Å². The average molecular weight is 346 g/mol. The Morgan fingerprint density at radius 2 is 1.96 bits per heavy atom. The molecule has 1 atom stereocenters. The van der Waals surface area contributed by atoms with Crippen LogP contribution in [0.4, 0.5) is 13.2 Å². The predicted octanol–water partition coefficient (Wildman–Crippen LogP) is 3.12. The summed E-state index contributed by atoms with van der Waals surface area (Å²) in [7, 11) is 3.15. The molecular weight excluding hydrogens is 321 g/mol. The Kier molecular flexibility index (Phi) is 5.98. The molecule has 1 aliphatic rings. The van der Waals surface area contributed by atoms with Crippen molar-refractivity contribution in [3.63, 3.8) is 0 Å². The van der Waals surface area contributed by atoms with Gasteiger partial charge in [0.15, 0.2) is 0 Å². The minimum absolute atomic E-state index is 0.0815. The lowest BCUT2D eigenvalue weighted by Gasteiger charge is -2.36. The predicted molar refractivity (Wildman–Crippen MR) is 86.6 cm³/mol. The highest BCUT2D eigenvalue weighted by Crippen LogP contribution is 2.39. The highest BCUT2D eigenvalue weighted by molar-refractivity contribution is 5.55. The van der Waals surface area contributed by atoms with Gasteiger partial charge in [-0.05, 0) is 26.0 Å². The molecule has 0 spiro atoms. The maximum absolute atomic E-state index is 12.4. The van der Waals surface area contributed by atoms with E-state index in [1.54, 1.807) is 20.3 Å². The summed E-state index contributed by atoms with van der Waals surface area (Å²) in [5, 5.41) is 2.43. The normalized spacial score (nSPS) is 18.4. The molecule has 0 radical (unpaired) electrons. The van der Waals surface area contributed by atoms with Crippen LogP contribution < -0.4 is 14.8 Å². The maximum atomic E-state index is 12.4. The first-order valence-electron chi connectivity index (χ1n) is 8.07. The van der Waals surface area contributed by atoms with Crippen molar-refractivity contribution in [2.45, 2.75) is 45.6 Å². The largest absolute Gasteiger partial charge is 0.496 e. The van der Waals surface area contributed by atoms with E-state index >= 15 is 0 Å². The first-order chi connectivity index (χ1) is 11.3. The van der Waals surface area contributed by atoms with Crippen LogP contribution in [0.2, 0.25) is 0 Å². The average Bonchev–Trinajstić information content (AvgIpc) is 2.52. The molecule has 136 valence electrons. The highest BCUT2D eigenvalue weighted by Gasteiger charge is 2.30. The van der Waals surface area contributed by atoms with Crippen LogP contribution in [-0.4, -0.2) is 44.4 Å². The second kappa shape index (κ2) is 7.61. The zero-order valence-electron chi connectivity index (χ0n) is 14.6. The number of halogens is 3. The molecule has 1 heterocycles. The summed E-state index contributed by atoms with van der Waals surface area (Å²) in [5.41, 5.74) is 2.79. The van der Waals surface area contributed by atoms with Gasteiger partial charge in [0.1, 0.15) is 11.5 Å². The van der Waals surface area contributed by atoms with Crippen LogP contribution in [0, 0.1) is 0 Å². The summed E-state index contributed by atoms with van der Waals surface area (Å²) in [6.07, 6.45) is -3.45. The number of ether oxygens (including phenoxy) is 2. The van der Waals surface area contributed by atoms with Gasteiger partial charge in [0, 0.05) is 35.8 Å². The molecule has 1 aromatic rings. The van der Waals surface area contributed by atoms with Gasteiger partial charge >= 0.3 is 6.18 Å². The Morgan fingerprint density at radius 1 is 1.25 bits per heavy atom. The Labute approximate surface area is 140 Å². The summed E-state index contributed by atoms with van der Waals surface area (Å²) in [6.45, 7) is 4.99. The van der Waals surface area contributed by atoms with Crippen LogP contribution in [0.25, 0.3) is 0 Å². The fraction of sp³-hybridized carbons (Fsp3) is 0.647. The molecule has 24 heavy (non-hydrogen) atoms. The Morgan fingerprint density at radius 3 is 2.50 bits per heavy atom. The third kappa shape index (κ3) is 4.13. The van der Waals surface area contributed by atoms with Crippen LogP contribution >= 0.6 is 0 Å². The lowest BCUT2D eigenvalue weighted by atomic mass is 9.90. The Hall–Kier alpha value is -1.47. The molecule has 0 amide bonds. The lowest BCUT2D eigenvalue weighted by molar-refractivity contribution is -0.125. The molecule has 1 aromatic carbocycles. The second-order valence-electron chi connectivity index (χ2n) is 6.06. The molecule has 4 nitrogen and oxygen atoms in total. The first-order valence-corrected chi connectivity index (χ1v) is 8.07. The molecule has 0 fully saturated rings. The topological polar surface area (TPSA) is 33.7 Å². The number of nitrogens with one attached hydrogen (secondary N) is 1. The van der Waals surface area contributed by atoms with Crippen molar-refractivity contribution >= 4 is 0 Å². The molecule has 2 rings (SSSR count). The molecule has 1 N–H and O–H groups in total. The number of fused-ring (bicyclic) bond motifs is 1. The third-order valence-electron chi connectivity index (χ3n) is 4.49. The molecule has 0 bridgehead atoms. The molecular formula is C17H25F3N2O2. The monoisotopic (exact) mass is 346 g/mol. The van der Waals surface area contributed by atoms with Crippen LogP contribution in [0.1, 0.15) is 30.5 Å². The fourth-order valence-corrected chi connectivity index (χ4v) is 3.29. The minimum atomic E-state index is -4.23. The third-order valence-corrected chi connectivity index (χ3v) is 4.49. The number of likely N-dealkylation sites (N-methyl/N-ethyl adjacent to an activating group) is 1. The first kappa shape index (κ1) is 18.9. The van der Waals surface area contributed by atoms with Gasteiger partial charge in [-0.1, -0.05) is 6.92 Å². The SMILES string of the molecule is CCN1Cc2c(OC)cc(CNCC(F)(F)F)c(OC)c2CC1C. The smallest absolute Gasteiger partial charge is 0.401 e. The highest BCUT2D eigenvalue weighted by atomic mass is 19.4. The van der Waals surface area contributed by atoms with E-state index in [2.05, 4.69) is 24.1 Å². The van der Waals surface area contributed by atoms with Gasteiger partial charge in [0.05, 0.1) is 20.8 Å². The minimum Gasteiger partial charge on any atom is -0.496 e. The number of methoxy groups -OCH3 is 2. The molecule has 7 heteroatoms. The van der Waals surface area contributed by atoms with E-state index in [4.69, 9.17) is 9.47 Å². The van der Waals surface area contributed by atoms with Crippen molar-refractivity contribution in [3.05, 3.63) is 22.8 Å². The van der Waals surface area contributed by atoms with Gasteiger partial charge in [-0.3, -0.25) is 4.90 Å². The van der Waals surface area contributed by atoms with Crippen LogP contribution in [0.15, 0.2) is 6.07 Å². The van der Waals surface area contributed by atoms with E-state index in [-0.39, 0.29) is 6.54 Å². The number of benzene rings is 1. The number of hydrogen-bond donors (Lipinski definition) is 1. The van der Waals surface area contributed by atoms with E-state index in [0.29, 0.717) is 23.1 Å². The van der Waals surface area contributed by atoms with Gasteiger partial charge in [0.2, 0.25) is 0 Å². The molecule has 0 aliphatic carbocycles. The molecule has 0 saturated heterocycles. The van der Waals surface area contributed by atoms with E-state index < -0.39 is 12.7 Å². The zero-order chi connectivity index (χ0) is 17.9. The summed E-state index contributed by atoms with van der Waals surface area (Å²) >= 11 is 0. The Balaban J connectivity index is 2.35. The van der Waals surface area contributed by atoms with Crippen LogP contribution in [0.5, 0.6) is 11.5 Å². The molecule has 0 aromatic heterocycles. The van der Waals surface area contributed by atoms with Crippen molar-refractivity contribution in [1.82, 2.24) is 10.2 Å². The zero-order valence-corrected chi connectivity index (χ0v) is 14.6. The Bertz CT molecular complexity index is 576. The van der Waals surface area contributed by atoms with Crippen molar-refractivity contribution in [2.75, 3.05) is 27.3 Å². The summed E-state index contributed by atoms with van der Waals surface area (Å²) < 4.78 is 48.2. The van der Waals surface area contributed by atoms with Gasteiger partial charge in [0.25, 0.3) is 0 Å². The fourth-order valence-electron chi connectivity index (χ4n) is 3.29. The van der Waals surface area contributed by atoms with Gasteiger partial charge in [-0.15, -0.1) is 0 Å². The van der Waals surface area contributed by atoms with Gasteiger partial charge in [-0.25, -0.2) is 0 Å². The molecule has 1 aliphatic heterocycles. The molecule has 1 unspecified atom stereocenters. The summed E-state index contributed by atoms with van der Waals surface area (Å²) in [5.74, 6) is 1.38. The van der Waals surface area contributed by atoms with Crippen LogP contribution in [0.3, 0.4) is 0 Å². The number of alkyl halides is 3. The second-order valence-corrected chi connectivity index (χ2v) is 6.06. The number of nitrogens with zero attached hydrogens (tertiary/aromatic N) is 1. The van der Waals surface area contributed by atoms with Crippen molar-refractivity contribution in [2.24, 2.45) is 0 Å².